The molecule has 0 spiro atoms. The van der Waals surface area contributed by atoms with Gasteiger partial charge in [0.15, 0.2) is 0 Å². The van der Waals surface area contributed by atoms with Crippen molar-refractivity contribution in [3.8, 4) is 0 Å². The van der Waals surface area contributed by atoms with Crippen LogP contribution >= 0.6 is 0 Å². The summed E-state index contributed by atoms with van der Waals surface area (Å²) in [6.45, 7) is 0. The van der Waals surface area contributed by atoms with Crippen LogP contribution in [0.25, 0.3) is 0 Å². The van der Waals surface area contributed by atoms with Crippen molar-refractivity contribution in [2.24, 2.45) is 0 Å². The van der Waals surface area contributed by atoms with Crippen LogP contribution in [0.5, 0.6) is 0 Å². The molecule has 0 unspecified atom stereocenters. The van der Waals surface area contributed by atoms with Gasteiger partial charge in [0.05, 0.1) is 0 Å². The van der Waals surface area contributed by atoms with E-state index in [0.29, 0.717) is 22.5 Å². The number of hydrogen-bond acceptors (Lipinski definition) is 1. The Morgan fingerprint density at radius 2 is 1.25 bits per heavy atom. The molecule has 0 bridgehead atoms. The minimum atomic E-state index is 0. The van der Waals surface area contributed by atoms with Crippen molar-refractivity contribution < 1.29 is 20.1 Å². The van der Waals surface area contributed by atoms with Crippen molar-refractivity contribution in [1.29, 1.82) is 0 Å². The van der Waals surface area contributed by atoms with Crippen LogP contribution in [-0.2, 0) is 20.1 Å². The Bertz CT molecular complexity index is 8.00. The second-order valence-electron chi connectivity index (χ2n) is 0. The second-order valence-corrected chi connectivity index (χ2v) is 0. The summed E-state index contributed by atoms with van der Waals surface area (Å²) in [4.78, 5) is 0. The van der Waals surface area contributed by atoms with Gasteiger partial charge in [0.1, 0.15) is 0 Å². The summed E-state index contributed by atoms with van der Waals surface area (Å²) in [5.41, 5.74) is 0. The summed E-state index contributed by atoms with van der Waals surface area (Å²) in [5.74, 6) is 0. The fraction of sp³-hybridized carbons (Fsp3) is 0. The maximum absolute atomic E-state index is 8.34. The zero-order valence-electron chi connectivity index (χ0n) is 1.29. The van der Waals surface area contributed by atoms with Gasteiger partial charge in [-0.1, -0.05) is 0 Å². The fourth-order valence-corrected chi connectivity index (χ4v) is 0. The van der Waals surface area contributed by atoms with Crippen molar-refractivity contribution in [2.45, 2.75) is 0 Å². The second kappa shape index (κ2) is 22.1. The third-order valence-electron chi connectivity index (χ3n) is 0. The first-order valence-corrected chi connectivity index (χ1v) is 1.37. The predicted octanol–water partition coefficient (Wildman–Crippen LogP) is -1.15. The first kappa shape index (κ1) is 17.2. The number of rotatable bonds is 0. The van der Waals surface area contributed by atoms with Gasteiger partial charge in [0, 0.05) is 17.1 Å². The SMILES string of the molecule is [LiH].[Mn].[O]=[Sn]. The Balaban J connectivity index is -0.00000000500. The Morgan fingerprint density at radius 3 is 1.25 bits per heavy atom. The van der Waals surface area contributed by atoms with E-state index in [9.17, 15) is 0 Å². The van der Waals surface area contributed by atoms with E-state index in [4.69, 9.17) is 3.08 Å². The third kappa shape index (κ3) is 9.31. The summed E-state index contributed by atoms with van der Waals surface area (Å²) in [6.07, 6.45) is 0. The molecule has 0 aliphatic heterocycles. The monoisotopic (exact) mass is 199 g/mol. The van der Waals surface area contributed by atoms with Gasteiger partial charge in [-0.2, -0.15) is 0 Å². The van der Waals surface area contributed by atoms with E-state index in [1.54, 1.807) is 0 Å². The van der Waals surface area contributed by atoms with Crippen LogP contribution in [0.15, 0.2) is 0 Å². The molecule has 0 aliphatic rings. The molecule has 19 valence electrons. The molecule has 0 atom stereocenters. The third-order valence-corrected chi connectivity index (χ3v) is 0. The molecule has 4 heavy (non-hydrogen) atoms. The van der Waals surface area contributed by atoms with Gasteiger partial charge < -0.3 is 0 Å². The van der Waals surface area contributed by atoms with Crippen LogP contribution in [0.2, 0.25) is 0 Å². The summed E-state index contributed by atoms with van der Waals surface area (Å²) >= 11 is 0.300. The van der Waals surface area contributed by atoms with Crippen molar-refractivity contribution in [3.63, 3.8) is 0 Å². The van der Waals surface area contributed by atoms with E-state index in [0.717, 1.165) is 0 Å². The molecule has 1 nitrogen and oxygen atoms in total. The fourth-order valence-electron chi connectivity index (χ4n) is 0. The quantitative estimate of drug-likeness (QED) is 0.449. The summed E-state index contributed by atoms with van der Waals surface area (Å²) < 4.78 is 8.34. The Labute approximate surface area is 61.0 Å². The average molecular weight is 198 g/mol. The molecular weight excluding hydrogens is 197 g/mol. The van der Waals surface area contributed by atoms with Gasteiger partial charge in [0.2, 0.25) is 0 Å². The van der Waals surface area contributed by atoms with E-state index >= 15 is 0 Å². The van der Waals surface area contributed by atoms with Crippen molar-refractivity contribution >= 4 is 41.4 Å². The Morgan fingerprint density at radius 1 is 1.25 bits per heavy atom. The zero-order chi connectivity index (χ0) is 2.00. The average Bonchev–Trinajstić information content (AvgIpc) is 1.00. The molecule has 0 aromatic heterocycles. The number of hydrogen-bond donors (Lipinski definition) is 0. The van der Waals surface area contributed by atoms with Crippen LogP contribution in [-0.4, -0.2) is 41.4 Å². The first-order valence-electron chi connectivity index (χ1n) is 0.204. The molecule has 0 rings (SSSR count). The van der Waals surface area contributed by atoms with E-state index < -0.39 is 0 Å². The molecule has 4 heteroatoms. The molecule has 0 aromatic carbocycles. The Hall–Kier alpha value is 1.72. The predicted molar refractivity (Wildman–Crippen MR) is 13.6 cm³/mol. The molecule has 0 aromatic rings. The normalized spacial score (nSPS) is 1.00. The van der Waals surface area contributed by atoms with Crippen LogP contribution in [0.1, 0.15) is 0 Å². The van der Waals surface area contributed by atoms with Crippen molar-refractivity contribution in [1.82, 2.24) is 0 Å². The molecule has 0 aliphatic carbocycles. The van der Waals surface area contributed by atoms with Crippen LogP contribution in [0.3, 0.4) is 0 Å². The van der Waals surface area contributed by atoms with Gasteiger partial charge >= 0.3 is 44.4 Å². The molecule has 0 fully saturated rings. The van der Waals surface area contributed by atoms with Gasteiger partial charge in [0.25, 0.3) is 0 Å². The van der Waals surface area contributed by atoms with Crippen molar-refractivity contribution in [3.05, 3.63) is 0 Å². The first-order chi connectivity index (χ1) is 1.00. The van der Waals surface area contributed by atoms with E-state index in [1.807, 2.05) is 0 Å². The van der Waals surface area contributed by atoms with E-state index in [2.05, 4.69) is 0 Å². The molecule has 0 N–H and O–H groups in total. The maximum atomic E-state index is 8.34. The van der Waals surface area contributed by atoms with Crippen LogP contribution in [0.4, 0.5) is 0 Å². The van der Waals surface area contributed by atoms with E-state index in [-0.39, 0.29) is 35.9 Å². The summed E-state index contributed by atoms with van der Waals surface area (Å²) in [7, 11) is 0. The Kier molecular flexibility index (Phi) is 95.3. The molecule has 0 saturated heterocycles. The van der Waals surface area contributed by atoms with Gasteiger partial charge in [-0.25, -0.2) is 0 Å². The van der Waals surface area contributed by atoms with E-state index in [1.165, 1.54) is 0 Å². The summed E-state index contributed by atoms with van der Waals surface area (Å²) in [5, 5.41) is 0. The topological polar surface area (TPSA) is 17.1 Å². The molecular formula is HLiMnOSn. The van der Waals surface area contributed by atoms with Crippen LogP contribution < -0.4 is 0 Å². The molecule has 0 heterocycles. The summed E-state index contributed by atoms with van der Waals surface area (Å²) in [6, 6.07) is 0. The molecule has 3 radical (unpaired) electrons. The van der Waals surface area contributed by atoms with Crippen LogP contribution in [0, 0.1) is 0 Å². The minimum absolute atomic E-state index is 0. The van der Waals surface area contributed by atoms with Gasteiger partial charge in [-0.3, -0.25) is 0 Å². The molecule has 0 amide bonds. The molecule has 0 saturated carbocycles. The standard InChI is InChI=1S/Li.Mn.O.Sn.H. The van der Waals surface area contributed by atoms with Crippen molar-refractivity contribution in [2.75, 3.05) is 0 Å². The zero-order valence-corrected chi connectivity index (χ0v) is 5.32. The van der Waals surface area contributed by atoms with Gasteiger partial charge in [-0.15, -0.1) is 0 Å². The van der Waals surface area contributed by atoms with Gasteiger partial charge in [-0.05, 0) is 0 Å².